The Hall–Kier alpha value is -6.44. The van der Waals surface area contributed by atoms with Gasteiger partial charge < -0.3 is 4.42 Å². The number of furan rings is 1. The highest BCUT2D eigenvalue weighted by Crippen LogP contribution is 2.45. The van der Waals surface area contributed by atoms with Crippen LogP contribution in [0.15, 0.2) is 186 Å². The predicted octanol–water partition coefficient (Wildman–Crippen LogP) is 13.7. The first-order valence-electron chi connectivity index (χ1n) is 21.5. The summed E-state index contributed by atoms with van der Waals surface area (Å²) in [7, 11) is 0. The Bertz CT molecular complexity index is 3410. The summed E-state index contributed by atoms with van der Waals surface area (Å²) in [5.41, 5.74) is 3.42. The smallest absolute Gasteiger partial charge is 0.135 e. The number of hydrogen-bond acceptors (Lipinski definition) is 1. The summed E-state index contributed by atoms with van der Waals surface area (Å²) in [4.78, 5) is 0. The molecule has 10 rings (SSSR count). The van der Waals surface area contributed by atoms with Gasteiger partial charge in [0.25, 0.3) is 0 Å². The molecule has 0 atom stereocenters. The van der Waals surface area contributed by atoms with Crippen molar-refractivity contribution in [3.8, 4) is 44.5 Å². The Morgan fingerprint density at radius 2 is 0.857 bits per heavy atom. The zero-order valence-corrected chi connectivity index (χ0v) is 25.9. The second-order valence-corrected chi connectivity index (χ2v) is 12.0. The van der Waals surface area contributed by atoms with E-state index in [0.717, 1.165) is 54.6 Å². The maximum absolute atomic E-state index is 9.81. The fourth-order valence-corrected chi connectivity index (χ4v) is 7.02. The summed E-state index contributed by atoms with van der Waals surface area (Å²) in [6, 6.07) is 32.6. The molecule has 49 heavy (non-hydrogen) atoms. The highest BCUT2D eigenvalue weighted by atomic mass is 16.3. The summed E-state index contributed by atoms with van der Waals surface area (Å²) < 4.78 is 103. The fraction of sp³-hybridized carbons (Fsp3) is 0. The van der Waals surface area contributed by atoms with Crippen LogP contribution in [-0.2, 0) is 0 Å². The third kappa shape index (κ3) is 4.47. The minimum atomic E-state index is -0.660. The third-order valence-corrected chi connectivity index (χ3v) is 9.22. The van der Waals surface area contributed by atoms with Crippen LogP contribution < -0.4 is 0 Å². The third-order valence-electron chi connectivity index (χ3n) is 9.22. The number of rotatable bonds is 4. The molecule has 0 amide bonds. The lowest BCUT2D eigenvalue weighted by molar-refractivity contribution is 0.669. The van der Waals surface area contributed by atoms with E-state index in [4.69, 9.17) is 14.0 Å². The molecule has 0 aliphatic rings. The molecule has 0 aliphatic carbocycles. The quantitative estimate of drug-likeness (QED) is 0.176. The Morgan fingerprint density at radius 3 is 1.51 bits per heavy atom. The van der Waals surface area contributed by atoms with Gasteiger partial charge in [0.15, 0.2) is 0 Å². The topological polar surface area (TPSA) is 13.1 Å². The zero-order chi connectivity index (χ0) is 41.9. The van der Waals surface area contributed by atoms with E-state index in [1.165, 1.54) is 0 Å². The van der Waals surface area contributed by atoms with E-state index >= 15 is 0 Å². The van der Waals surface area contributed by atoms with Gasteiger partial charge in [0, 0.05) is 10.8 Å². The van der Waals surface area contributed by atoms with Crippen molar-refractivity contribution in [3.05, 3.63) is 182 Å². The maximum atomic E-state index is 9.81. The number of hydrogen-bond donors (Lipinski definition) is 0. The molecular weight excluding hydrogens is 593 g/mol. The first-order valence-corrected chi connectivity index (χ1v) is 16.0. The Balaban J connectivity index is 1.25. The highest BCUT2D eigenvalue weighted by Gasteiger charge is 2.18. The molecule has 0 aliphatic heterocycles. The van der Waals surface area contributed by atoms with Crippen LogP contribution in [0.4, 0.5) is 0 Å². The molecule has 1 heterocycles. The summed E-state index contributed by atoms with van der Waals surface area (Å²) in [6.45, 7) is 0. The molecule has 10 aromatic rings. The largest absolute Gasteiger partial charge is 0.456 e. The van der Waals surface area contributed by atoms with Crippen LogP contribution in [-0.4, -0.2) is 0 Å². The molecule has 0 saturated carbocycles. The van der Waals surface area contributed by atoms with Crippen LogP contribution in [0.2, 0.25) is 0 Å². The van der Waals surface area contributed by atoms with Gasteiger partial charge in [0.05, 0.1) is 15.1 Å². The Morgan fingerprint density at radius 1 is 0.347 bits per heavy atom. The van der Waals surface area contributed by atoms with Gasteiger partial charge in [-0.05, 0) is 101 Å². The van der Waals surface area contributed by atoms with Gasteiger partial charge in [-0.3, -0.25) is 0 Å². The van der Waals surface area contributed by atoms with E-state index < -0.39 is 53.9 Å². The van der Waals surface area contributed by atoms with Crippen LogP contribution in [0.5, 0.6) is 0 Å². The van der Waals surface area contributed by atoms with Gasteiger partial charge in [-0.25, -0.2) is 0 Å². The second-order valence-electron chi connectivity index (χ2n) is 12.0. The van der Waals surface area contributed by atoms with Gasteiger partial charge in [-0.2, -0.15) is 0 Å². The SMILES string of the molecule is [2H]c1c([2H])c([2H])c(-c2c([2H])c([2H])c3oc4c([2H])c([2H])c(-c5c6ccccc6c(-c6ccc(-c7cccc8ccccc78)cc6)c6ccccc56)c([2H])c4c3c2[2H])c([2H])c1[2H]. The van der Waals surface area contributed by atoms with E-state index in [9.17, 15) is 5.48 Å². The first kappa shape index (κ1) is 18.8. The fourth-order valence-electron chi connectivity index (χ4n) is 7.02. The Kier molecular flexibility index (Phi) is 4.25. The number of fused-ring (bicyclic) bond motifs is 6. The van der Waals surface area contributed by atoms with Crippen LogP contribution in [0.25, 0.3) is 98.8 Å². The van der Waals surface area contributed by atoms with Crippen molar-refractivity contribution in [2.45, 2.75) is 0 Å². The molecule has 1 heteroatoms. The number of benzene rings is 9. The average molecular weight is 634 g/mol. The minimum Gasteiger partial charge on any atom is -0.456 e. The zero-order valence-electron chi connectivity index (χ0n) is 36.9. The van der Waals surface area contributed by atoms with E-state index in [2.05, 4.69) is 54.6 Å². The van der Waals surface area contributed by atoms with Crippen molar-refractivity contribution < 1.29 is 19.5 Å². The molecule has 228 valence electrons. The molecule has 0 radical (unpaired) electrons. The van der Waals surface area contributed by atoms with Crippen molar-refractivity contribution in [2.75, 3.05) is 0 Å². The summed E-state index contributed by atoms with van der Waals surface area (Å²) in [5.74, 6) is 0. The normalized spacial score (nSPS) is 14.8. The molecule has 0 saturated heterocycles. The van der Waals surface area contributed by atoms with Gasteiger partial charge in [0.1, 0.15) is 11.2 Å². The van der Waals surface area contributed by atoms with E-state index in [1.54, 1.807) is 0 Å². The lowest BCUT2D eigenvalue weighted by atomic mass is 9.85. The van der Waals surface area contributed by atoms with Crippen molar-refractivity contribution >= 4 is 54.3 Å². The van der Waals surface area contributed by atoms with E-state index in [-0.39, 0.29) is 51.2 Å². The molecule has 0 N–H and O–H groups in total. The molecule has 1 aromatic heterocycles. The molecule has 0 fully saturated rings. The van der Waals surface area contributed by atoms with Crippen LogP contribution >= 0.6 is 0 Å². The van der Waals surface area contributed by atoms with Gasteiger partial charge >= 0.3 is 0 Å². The first-order chi connectivity index (χ1) is 28.9. The van der Waals surface area contributed by atoms with E-state index in [0.29, 0.717) is 5.56 Å². The Labute approximate surface area is 299 Å². The van der Waals surface area contributed by atoms with Crippen LogP contribution in [0.3, 0.4) is 0 Å². The van der Waals surface area contributed by atoms with Crippen molar-refractivity contribution in [1.82, 2.24) is 0 Å². The second kappa shape index (κ2) is 11.1. The standard InChI is InChI=1S/C48H30O/c1-2-11-31(12-3-1)35-25-27-45-43(29-35)44-30-36(26-28-46(44)49-45)48-41-18-8-6-16-39(41)47(40-17-7-9-19-42(40)48)34-23-21-33(22-24-34)38-20-10-14-32-13-4-5-15-37(32)38/h1-30H/i1D,2D,3D,11D,12D,25D,26D,27D,28D,29D,30D. The van der Waals surface area contributed by atoms with E-state index in [1.807, 2.05) is 60.7 Å². The van der Waals surface area contributed by atoms with Crippen LogP contribution in [0, 0.1) is 0 Å². The van der Waals surface area contributed by atoms with Gasteiger partial charge in [-0.1, -0.05) is 158 Å². The minimum absolute atomic E-state index is 0.0469. The van der Waals surface area contributed by atoms with Crippen LogP contribution in [0.1, 0.15) is 15.1 Å². The monoisotopic (exact) mass is 633 g/mol. The lowest BCUT2D eigenvalue weighted by Crippen LogP contribution is -1.91. The molecule has 9 aromatic carbocycles. The van der Waals surface area contributed by atoms with Crippen molar-refractivity contribution in [1.29, 1.82) is 0 Å². The predicted molar refractivity (Wildman–Crippen MR) is 208 cm³/mol. The molecule has 0 spiro atoms. The molecule has 1 nitrogen and oxygen atoms in total. The van der Waals surface area contributed by atoms with Gasteiger partial charge in [-0.15, -0.1) is 0 Å². The lowest BCUT2D eigenvalue weighted by Gasteiger charge is -2.18. The van der Waals surface area contributed by atoms with Crippen molar-refractivity contribution in [2.24, 2.45) is 0 Å². The summed E-state index contributed by atoms with van der Waals surface area (Å²) >= 11 is 0. The summed E-state index contributed by atoms with van der Waals surface area (Å²) in [6.07, 6.45) is 0. The average Bonchev–Trinajstić information content (AvgIpc) is 3.69. The molecular formula is C48H30O. The maximum Gasteiger partial charge on any atom is 0.135 e. The molecule has 0 bridgehead atoms. The summed E-state index contributed by atoms with van der Waals surface area (Å²) in [5, 5.41) is 5.28. The molecule has 0 unspecified atom stereocenters. The highest BCUT2D eigenvalue weighted by molar-refractivity contribution is 6.22. The van der Waals surface area contributed by atoms with Gasteiger partial charge in [0.2, 0.25) is 0 Å². The van der Waals surface area contributed by atoms with Crippen molar-refractivity contribution in [3.63, 3.8) is 0 Å².